The minimum atomic E-state index is -0.365. The fourth-order valence-electron chi connectivity index (χ4n) is 3.67. The topological polar surface area (TPSA) is 107 Å². The van der Waals surface area contributed by atoms with E-state index in [9.17, 15) is 9.59 Å². The van der Waals surface area contributed by atoms with E-state index in [-0.39, 0.29) is 17.5 Å². The number of aryl methyl sites for hydroxylation is 2. The number of amides is 2. The molecule has 32 heavy (non-hydrogen) atoms. The van der Waals surface area contributed by atoms with Gasteiger partial charge < -0.3 is 10.6 Å². The van der Waals surface area contributed by atoms with E-state index in [2.05, 4.69) is 20.8 Å². The highest BCUT2D eigenvalue weighted by Gasteiger charge is 2.21. The first-order valence-corrected chi connectivity index (χ1v) is 10.5. The molecule has 0 radical (unpaired) electrons. The Morgan fingerprint density at radius 3 is 2.56 bits per heavy atom. The number of para-hydroxylation sites is 1. The van der Waals surface area contributed by atoms with Crippen molar-refractivity contribution in [2.75, 3.05) is 12.4 Å². The number of rotatable bonds is 6. The summed E-state index contributed by atoms with van der Waals surface area (Å²) in [5, 5.41) is 14.8. The predicted molar refractivity (Wildman–Crippen MR) is 123 cm³/mol. The van der Waals surface area contributed by atoms with Gasteiger partial charge in [0.15, 0.2) is 5.69 Å². The van der Waals surface area contributed by atoms with Gasteiger partial charge in [0, 0.05) is 43.0 Å². The van der Waals surface area contributed by atoms with E-state index in [4.69, 9.17) is 4.98 Å². The second-order valence-corrected chi connectivity index (χ2v) is 7.31. The van der Waals surface area contributed by atoms with Crippen LogP contribution in [0, 0.1) is 6.92 Å². The van der Waals surface area contributed by atoms with E-state index < -0.39 is 0 Å². The van der Waals surface area contributed by atoms with Crippen LogP contribution in [0.4, 0.5) is 5.69 Å². The van der Waals surface area contributed by atoms with Crippen LogP contribution in [0.2, 0.25) is 0 Å². The third-order valence-corrected chi connectivity index (χ3v) is 5.42. The summed E-state index contributed by atoms with van der Waals surface area (Å²) in [6.07, 6.45) is 3.43. The first-order chi connectivity index (χ1) is 15.5. The molecule has 0 saturated carbocycles. The summed E-state index contributed by atoms with van der Waals surface area (Å²) in [6.45, 7) is 7.24. The van der Waals surface area contributed by atoms with Gasteiger partial charge in [0.25, 0.3) is 11.8 Å². The standard InChI is InChI=1S/C23H25N7O2/c1-5-29-13-20(21(28-29)23(32)24-4)27-22(31)16-11-19(17-12-25-30(6-2)14(17)3)26-18-10-8-7-9-15(16)18/h7-13H,5-6H2,1-4H3,(H,24,32)(H,27,31). The molecular formula is C23H25N7O2. The molecule has 0 unspecified atom stereocenters. The predicted octanol–water partition coefficient (Wildman–Crippen LogP) is 3.25. The molecule has 4 aromatic rings. The zero-order chi connectivity index (χ0) is 22.8. The maximum Gasteiger partial charge on any atom is 0.273 e. The third-order valence-electron chi connectivity index (χ3n) is 5.42. The SMILES string of the molecule is CCn1cc(NC(=O)c2cc(-c3cnn(CC)c3C)nc3ccccc23)c(C(=O)NC)n1. The fraction of sp³-hybridized carbons (Fsp3) is 0.261. The van der Waals surface area contributed by atoms with Crippen LogP contribution in [0.3, 0.4) is 0 Å². The molecule has 9 nitrogen and oxygen atoms in total. The molecule has 0 bridgehead atoms. The van der Waals surface area contributed by atoms with Gasteiger partial charge in [-0.05, 0) is 32.9 Å². The first kappa shape index (κ1) is 21.2. The number of carbonyl (C=O) groups is 2. The van der Waals surface area contributed by atoms with E-state index in [1.54, 1.807) is 23.1 Å². The molecule has 3 aromatic heterocycles. The van der Waals surface area contributed by atoms with Crippen LogP contribution in [-0.2, 0) is 13.1 Å². The largest absolute Gasteiger partial charge is 0.354 e. The second kappa shape index (κ2) is 8.62. The molecule has 0 aliphatic heterocycles. The number of fused-ring (bicyclic) bond motifs is 1. The molecule has 4 rings (SSSR count). The Morgan fingerprint density at radius 2 is 1.88 bits per heavy atom. The van der Waals surface area contributed by atoms with Gasteiger partial charge in [-0.25, -0.2) is 4.98 Å². The number of hydrogen-bond acceptors (Lipinski definition) is 5. The fourth-order valence-corrected chi connectivity index (χ4v) is 3.67. The maximum atomic E-state index is 13.4. The van der Waals surface area contributed by atoms with E-state index in [0.29, 0.717) is 29.0 Å². The van der Waals surface area contributed by atoms with E-state index in [1.807, 2.05) is 49.7 Å². The van der Waals surface area contributed by atoms with Gasteiger partial charge in [0.2, 0.25) is 0 Å². The Balaban J connectivity index is 1.80. The Kier molecular flexibility index (Phi) is 5.72. The Labute approximate surface area is 185 Å². The summed E-state index contributed by atoms with van der Waals surface area (Å²) in [7, 11) is 1.53. The number of nitrogens with one attached hydrogen (secondary N) is 2. The van der Waals surface area contributed by atoms with Crippen LogP contribution >= 0.6 is 0 Å². The van der Waals surface area contributed by atoms with Gasteiger partial charge in [-0.15, -0.1) is 0 Å². The Bertz CT molecular complexity index is 1320. The smallest absolute Gasteiger partial charge is 0.273 e. The van der Waals surface area contributed by atoms with Crippen molar-refractivity contribution in [2.24, 2.45) is 0 Å². The summed E-state index contributed by atoms with van der Waals surface area (Å²) in [5.74, 6) is -0.707. The third kappa shape index (κ3) is 3.73. The lowest BCUT2D eigenvalue weighted by Gasteiger charge is -2.10. The number of anilines is 1. The highest BCUT2D eigenvalue weighted by Crippen LogP contribution is 2.28. The van der Waals surface area contributed by atoms with Crippen molar-refractivity contribution in [1.29, 1.82) is 0 Å². The highest BCUT2D eigenvalue weighted by molar-refractivity contribution is 6.14. The van der Waals surface area contributed by atoms with Crippen molar-refractivity contribution in [2.45, 2.75) is 33.9 Å². The second-order valence-electron chi connectivity index (χ2n) is 7.31. The van der Waals surface area contributed by atoms with Crippen molar-refractivity contribution < 1.29 is 9.59 Å². The molecule has 0 fully saturated rings. The minimum absolute atomic E-state index is 0.168. The molecule has 1 aromatic carbocycles. The number of pyridine rings is 1. The molecular weight excluding hydrogens is 406 g/mol. The van der Waals surface area contributed by atoms with Gasteiger partial charge in [0.05, 0.1) is 28.7 Å². The molecule has 164 valence electrons. The van der Waals surface area contributed by atoms with E-state index in [1.165, 1.54) is 7.05 Å². The molecule has 0 spiro atoms. The number of hydrogen-bond donors (Lipinski definition) is 2. The molecule has 2 amide bonds. The van der Waals surface area contributed by atoms with E-state index in [0.717, 1.165) is 23.2 Å². The maximum absolute atomic E-state index is 13.4. The lowest BCUT2D eigenvalue weighted by molar-refractivity contribution is 0.0958. The van der Waals surface area contributed by atoms with Crippen LogP contribution in [0.5, 0.6) is 0 Å². The average Bonchev–Trinajstić information content (AvgIpc) is 3.40. The zero-order valence-electron chi connectivity index (χ0n) is 18.5. The monoisotopic (exact) mass is 431 g/mol. The van der Waals surface area contributed by atoms with Crippen molar-refractivity contribution in [1.82, 2.24) is 29.9 Å². The van der Waals surface area contributed by atoms with Crippen LogP contribution in [0.15, 0.2) is 42.7 Å². The molecule has 0 aliphatic carbocycles. The van der Waals surface area contributed by atoms with Crippen LogP contribution in [0.1, 0.15) is 40.4 Å². The van der Waals surface area contributed by atoms with Gasteiger partial charge in [-0.2, -0.15) is 10.2 Å². The van der Waals surface area contributed by atoms with Gasteiger partial charge in [-0.1, -0.05) is 18.2 Å². The lowest BCUT2D eigenvalue weighted by atomic mass is 10.0. The van der Waals surface area contributed by atoms with E-state index >= 15 is 0 Å². The summed E-state index contributed by atoms with van der Waals surface area (Å²) in [4.78, 5) is 30.4. The number of aromatic nitrogens is 5. The zero-order valence-corrected chi connectivity index (χ0v) is 18.5. The van der Waals surface area contributed by atoms with Crippen LogP contribution < -0.4 is 10.6 Å². The minimum Gasteiger partial charge on any atom is -0.354 e. The quantitative estimate of drug-likeness (QED) is 0.487. The van der Waals surface area contributed by atoms with Crippen LogP contribution in [-0.4, -0.2) is 43.4 Å². The Morgan fingerprint density at radius 1 is 1.09 bits per heavy atom. The average molecular weight is 432 g/mol. The molecule has 9 heteroatoms. The lowest BCUT2D eigenvalue weighted by Crippen LogP contribution is -2.21. The van der Waals surface area contributed by atoms with Gasteiger partial charge in [0.1, 0.15) is 0 Å². The normalized spacial score (nSPS) is 11.0. The summed E-state index contributed by atoms with van der Waals surface area (Å²) in [6, 6.07) is 9.26. The summed E-state index contributed by atoms with van der Waals surface area (Å²) in [5.41, 5.74) is 4.21. The molecule has 0 atom stereocenters. The molecule has 0 saturated heterocycles. The van der Waals surface area contributed by atoms with Gasteiger partial charge >= 0.3 is 0 Å². The number of benzene rings is 1. The molecule has 2 N–H and O–H groups in total. The molecule has 0 aliphatic rings. The van der Waals surface area contributed by atoms with Gasteiger partial charge in [-0.3, -0.25) is 19.0 Å². The molecule has 3 heterocycles. The highest BCUT2D eigenvalue weighted by atomic mass is 16.2. The number of carbonyl (C=O) groups excluding carboxylic acids is 2. The van der Waals surface area contributed by atoms with Crippen molar-refractivity contribution >= 4 is 28.4 Å². The number of nitrogens with zero attached hydrogens (tertiary/aromatic N) is 5. The van der Waals surface area contributed by atoms with Crippen molar-refractivity contribution in [3.05, 3.63) is 59.7 Å². The van der Waals surface area contributed by atoms with Crippen molar-refractivity contribution in [3.8, 4) is 11.3 Å². The first-order valence-electron chi connectivity index (χ1n) is 10.5. The summed E-state index contributed by atoms with van der Waals surface area (Å²) >= 11 is 0. The van der Waals surface area contributed by atoms with Crippen molar-refractivity contribution in [3.63, 3.8) is 0 Å². The van der Waals surface area contributed by atoms with Crippen LogP contribution in [0.25, 0.3) is 22.2 Å². The Hall–Kier alpha value is -4.01. The summed E-state index contributed by atoms with van der Waals surface area (Å²) < 4.78 is 3.50.